The van der Waals surface area contributed by atoms with Crippen LogP contribution in [0.5, 0.6) is 0 Å². The van der Waals surface area contributed by atoms with E-state index in [4.69, 9.17) is 5.73 Å². The highest BCUT2D eigenvalue weighted by Gasteiger charge is 2.24. The zero-order chi connectivity index (χ0) is 13.8. The maximum atomic E-state index is 11.9. The third-order valence-corrected chi connectivity index (χ3v) is 3.86. The van der Waals surface area contributed by atoms with E-state index in [0.717, 1.165) is 38.2 Å². The lowest BCUT2D eigenvalue weighted by atomic mass is 9.93. The van der Waals surface area contributed by atoms with Gasteiger partial charge in [-0.3, -0.25) is 4.79 Å². The van der Waals surface area contributed by atoms with E-state index >= 15 is 0 Å². The van der Waals surface area contributed by atoms with Gasteiger partial charge in [0, 0.05) is 51.4 Å². The number of hydrogen-bond donors (Lipinski definition) is 1. The minimum atomic E-state index is -0.0437. The van der Waals surface area contributed by atoms with Crippen LogP contribution in [0.25, 0.3) is 0 Å². The predicted octanol–water partition coefficient (Wildman–Crippen LogP) is 0.938. The van der Waals surface area contributed by atoms with E-state index in [1.165, 1.54) is 0 Å². The van der Waals surface area contributed by atoms with Gasteiger partial charge in [-0.2, -0.15) is 0 Å². The largest absolute Gasteiger partial charge is 0.343 e. The molecule has 0 unspecified atom stereocenters. The number of amides is 1. The van der Waals surface area contributed by atoms with Crippen LogP contribution in [0.2, 0.25) is 0 Å². The molecule has 1 aromatic rings. The van der Waals surface area contributed by atoms with Crippen molar-refractivity contribution in [2.45, 2.75) is 38.6 Å². The first-order valence-corrected chi connectivity index (χ1v) is 7.06. The molecule has 1 aliphatic rings. The lowest BCUT2D eigenvalue weighted by Gasteiger charge is -2.32. The van der Waals surface area contributed by atoms with Crippen LogP contribution in [0.1, 0.15) is 32.0 Å². The number of aryl methyl sites for hydroxylation is 1. The Labute approximate surface area is 114 Å². The number of hydrogen-bond acceptors (Lipinski definition) is 3. The van der Waals surface area contributed by atoms with E-state index in [0.29, 0.717) is 12.3 Å². The fraction of sp³-hybridized carbons (Fsp3) is 0.714. The molecule has 1 atom stereocenters. The Morgan fingerprint density at radius 2 is 2.21 bits per heavy atom. The molecule has 2 N–H and O–H groups in total. The highest BCUT2D eigenvalue weighted by atomic mass is 16.2. The Morgan fingerprint density at radius 1 is 1.53 bits per heavy atom. The number of aromatic nitrogens is 2. The molecule has 2 rings (SSSR count). The topological polar surface area (TPSA) is 64.2 Å². The van der Waals surface area contributed by atoms with E-state index in [2.05, 4.69) is 9.55 Å². The molecule has 2 heterocycles. The Bertz CT molecular complexity index is 419. The van der Waals surface area contributed by atoms with Gasteiger partial charge < -0.3 is 15.2 Å². The second kappa shape index (κ2) is 6.19. The Hall–Kier alpha value is -1.36. The summed E-state index contributed by atoms with van der Waals surface area (Å²) in [6, 6.07) is -0.0437. The van der Waals surface area contributed by atoms with Crippen LogP contribution in [0, 0.1) is 5.92 Å². The summed E-state index contributed by atoms with van der Waals surface area (Å²) >= 11 is 0. The molecular formula is C14H24N4O. The van der Waals surface area contributed by atoms with E-state index in [9.17, 15) is 4.79 Å². The molecule has 0 spiro atoms. The van der Waals surface area contributed by atoms with Gasteiger partial charge in [0.25, 0.3) is 0 Å². The van der Waals surface area contributed by atoms with Crippen LogP contribution in [0.15, 0.2) is 12.4 Å². The standard InChI is InChI=1S/C14H24N4O/c1-11(15)9-14(19)18-6-3-12(4-7-18)10-13-16-5-8-17(13)2/h5,8,11-12H,3-4,6-7,9-10,15H2,1-2H3/t11-/m0/s1. The van der Waals surface area contributed by atoms with Gasteiger partial charge in [0.2, 0.25) is 5.91 Å². The highest BCUT2D eigenvalue weighted by molar-refractivity contribution is 5.76. The first-order valence-electron chi connectivity index (χ1n) is 7.06. The van der Waals surface area contributed by atoms with Crippen molar-refractivity contribution in [3.63, 3.8) is 0 Å². The molecule has 0 aromatic carbocycles. The first-order chi connectivity index (χ1) is 9.06. The summed E-state index contributed by atoms with van der Waals surface area (Å²) in [5.74, 6) is 1.98. The van der Waals surface area contributed by atoms with Gasteiger partial charge in [-0.25, -0.2) is 4.98 Å². The minimum absolute atomic E-state index is 0.0437. The SMILES string of the molecule is C[C@H](N)CC(=O)N1CCC(Cc2nccn2C)CC1. The van der Waals surface area contributed by atoms with E-state index in [1.54, 1.807) is 0 Å². The number of nitrogens with zero attached hydrogens (tertiary/aromatic N) is 3. The molecule has 0 bridgehead atoms. The Balaban J connectivity index is 1.79. The molecule has 106 valence electrons. The molecule has 1 fully saturated rings. The van der Waals surface area contributed by atoms with Gasteiger partial charge in [-0.05, 0) is 25.7 Å². The number of piperidine rings is 1. The average Bonchev–Trinajstić information content (AvgIpc) is 2.75. The van der Waals surface area contributed by atoms with E-state index in [-0.39, 0.29) is 11.9 Å². The smallest absolute Gasteiger partial charge is 0.224 e. The van der Waals surface area contributed by atoms with Crippen molar-refractivity contribution in [1.29, 1.82) is 0 Å². The van der Waals surface area contributed by atoms with Gasteiger partial charge in [0.05, 0.1) is 0 Å². The first kappa shape index (κ1) is 14.1. The van der Waals surface area contributed by atoms with Crippen LogP contribution >= 0.6 is 0 Å². The Morgan fingerprint density at radius 3 is 2.74 bits per heavy atom. The van der Waals surface area contributed by atoms with Gasteiger partial charge in [-0.1, -0.05) is 0 Å². The van der Waals surface area contributed by atoms with Gasteiger partial charge in [-0.15, -0.1) is 0 Å². The summed E-state index contributed by atoms with van der Waals surface area (Å²) in [7, 11) is 2.03. The average molecular weight is 264 g/mol. The maximum absolute atomic E-state index is 11.9. The zero-order valence-corrected chi connectivity index (χ0v) is 11.9. The van der Waals surface area contributed by atoms with Gasteiger partial charge in [0.15, 0.2) is 0 Å². The molecule has 1 amide bonds. The number of likely N-dealkylation sites (tertiary alicyclic amines) is 1. The quantitative estimate of drug-likeness (QED) is 0.880. The van der Waals surface area contributed by atoms with Crippen LogP contribution in [0.4, 0.5) is 0 Å². The molecule has 5 heteroatoms. The lowest BCUT2D eigenvalue weighted by molar-refractivity contribution is -0.132. The summed E-state index contributed by atoms with van der Waals surface area (Å²) in [5.41, 5.74) is 5.68. The number of imidazole rings is 1. The van der Waals surface area contributed by atoms with Crippen molar-refractivity contribution in [3.8, 4) is 0 Å². The summed E-state index contributed by atoms with van der Waals surface area (Å²) < 4.78 is 2.08. The molecule has 0 saturated carbocycles. The molecule has 1 aliphatic heterocycles. The summed E-state index contributed by atoms with van der Waals surface area (Å²) in [6.07, 6.45) is 7.44. The predicted molar refractivity (Wildman–Crippen MR) is 74.5 cm³/mol. The third-order valence-electron chi connectivity index (χ3n) is 3.86. The van der Waals surface area contributed by atoms with Crippen molar-refractivity contribution in [3.05, 3.63) is 18.2 Å². The number of carbonyl (C=O) groups excluding carboxylic acids is 1. The summed E-state index contributed by atoms with van der Waals surface area (Å²) in [6.45, 7) is 3.60. The zero-order valence-electron chi connectivity index (χ0n) is 11.9. The van der Waals surface area contributed by atoms with Crippen LogP contribution < -0.4 is 5.73 Å². The number of nitrogens with two attached hydrogens (primary N) is 1. The molecule has 0 radical (unpaired) electrons. The molecule has 1 saturated heterocycles. The second-order valence-corrected chi connectivity index (χ2v) is 5.66. The van der Waals surface area contributed by atoms with Crippen molar-refractivity contribution in [2.75, 3.05) is 13.1 Å². The molecule has 19 heavy (non-hydrogen) atoms. The highest BCUT2D eigenvalue weighted by Crippen LogP contribution is 2.21. The van der Waals surface area contributed by atoms with E-state index < -0.39 is 0 Å². The fourth-order valence-corrected chi connectivity index (χ4v) is 2.64. The van der Waals surface area contributed by atoms with Crippen LogP contribution in [-0.4, -0.2) is 39.5 Å². The minimum Gasteiger partial charge on any atom is -0.343 e. The lowest BCUT2D eigenvalue weighted by Crippen LogP contribution is -2.41. The molecule has 0 aliphatic carbocycles. The van der Waals surface area contributed by atoms with E-state index in [1.807, 2.05) is 31.3 Å². The third kappa shape index (κ3) is 3.80. The van der Waals surface area contributed by atoms with Crippen LogP contribution in [-0.2, 0) is 18.3 Å². The summed E-state index contributed by atoms with van der Waals surface area (Å²) in [5, 5.41) is 0. The van der Waals surface area contributed by atoms with Crippen molar-refractivity contribution in [2.24, 2.45) is 18.7 Å². The fourth-order valence-electron chi connectivity index (χ4n) is 2.64. The van der Waals surface area contributed by atoms with Crippen molar-refractivity contribution >= 4 is 5.91 Å². The van der Waals surface area contributed by atoms with Gasteiger partial charge >= 0.3 is 0 Å². The summed E-state index contributed by atoms with van der Waals surface area (Å²) in [4.78, 5) is 18.2. The molecular weight excluding hydrogens is 240 g/mol. The van der Waals surface area contributed by atoms with Crippen molar-refractivity contribution < 1.29 is 4.79 Å². The van der Waals surface area contributed by atoms with Crippen molar-refractivity contribution in [1.82, 2.24) is 14.5 Å². The number of carbonyl (C=O) groups is 1. The second-order valence-electron chi connectivity index (χ2n) is 5.66. The van der Waals surface area contributed by atoms with Gasteiger partial charge in [0.1, 0.15) is 5.82 Å². The van der Waals surface area contributed by atoms with Crippen LogP contribution in [0.3, 0.4) is 0 Å². The molecule has 1 aromatic heterocycles. The Kier molecular flexibility index (Phi) is 4.58. The number of rotatable bonds is 4. The maximum Gasteiger partial charge on any atom is 0.224 e. The monoisotopic (exact) mass is 264 g/mol. The molecule has 5 nitrogen and oxygen atoms in total. The normalized spacial score (nSPS) is 18.6.